The van der Waals surface area contributed by atoms with Crippen LogP contribution in [0.2, 0.25) is 0 Å². The molecule has 2 amide bonds. The maximum Gasteiger partial charge on any atom is 0.408 e. The number of azo groups is 1. The molecular formula is C15H19N5O3. The number of hydrogen-bond donors (Lipinski definition) is 3. The molecule has 122 valence electrons. The molecule has 0 atom stereocenters. The number of hydrogen-bond acceptors (Lipinski definition) is 5. The van der Waals surface area contributed by atoms with Crippen LogP contribution in [-0.2, 0) is 9.53 Å². The second-order valence-electron chi connectivity index (χ2n) is 5.88. The number of nitrogens with zero attached hydrogens (tertiary/aromatic N) is 2. The number of aromatic nitrogens is 1. The second-order valence-corrected chi connectivity index (χ2v) is 5.88. The Hall–Kier alpha value is -2.90. The number of aromatic amines is 1. The predicted molar refractivity (Wildman–Crippen MR) is 86.5 cm³/mol. The monoisotopic (exact) mass is 317 g/mol. The number of fused-ring (bicyclic) bond motifs is 1. The Bertz CT molecular complexity index is 758. The molecule has 0 saturated heterocycles. The smallest absolute Gasteiger partial charge is 0.408 e. The van der Waals surface area contributed by atoms with Gasteiger partial charge in [-0.2, -0.15) is 0 Å². The van der Waals surface area contributed by atoms with Gasteiger partial charge in [-0.1, -0.05) is 24.3 Å². The van der Waals surface area contributed by atoms with Gasteiger partial charge in [-0.25, -0.2) is 4.79 Å². The maximum atomic E-state index is 11.7. The number of carbonyl (C=O) groups excluding carboxylic acids is 2. The van der Waals surface area contributed by atoms with Crippen LogP contribution in [0.3, 0.4) is 0 Å². The minimum atomic E-state index is -0.685. The normalized spacial score (nSPS) is 11.8. The predicted octanol–water partition coefficient (Wildman–Crippen LogP) is 2.89. The third-order valence-corrected chi connectivity index (χ3v) is 2.77. The number of carbonyl (C=O) groups is 2. The van der Waals surface area contributed by atoms with Gasteiger partial charge in [0.25, 0.3) is 5.91 Å². The summed E-state index contributed by atoms with van der Waals surface area (Å²) < 4.78 is 5.01. The van der Waals surface area contributed by atoms with Crippen molar-refractivity contribution in [3.05, 3.63) is 24.3 Å². The Morgan fingerprint density at radius 2 is 1.91 bits per heavy atom. The zero-order chi connectivity index (χ0) is 17.0. The first-order valence-corrected chi connectivity index (χ1v) is 7.04. The SMILES string of the molecule is CC(C)(C)OC(=O)NCC(=O)N=Nc1[nH]c(N)c2ccccc12. The molecule has 0 aliphatic heterocycles. The first kappa shape index (κ1) is 16.5. The van der Waals surface area contributed by atoms with Crippen LogP contribution in [0.4, 0.5) is 16.4 Å². The number of H-pyrrole nitrogens is 1. The molecule has 0 fully saturated rings. The lowest BCUT2D eigenvalue weighted by atomic mass is 10.2. The van der Waals surface area contributed by atoms with E-state index in [1.165, 1.54) is 0 Å². The van der Waals surface area contributed by atoms with Gasteiger partial charge in [0.1, 0.15) is 18.0 Å². The van der Waals surface area contributed by atoms with Crippen molar-refractivity contribution >= 4 is 34.4 Å². The number of benzene rings is 1. The van der Waals surface area contributed by atoms with Gasteiger partial charge in [-0.05, 0) is 20.8 Å². The molecule has 2 rings (SSSR count). The zero-order valence-electron chi connectivity index (χ0n) is 13.2. The van der Waals surface area contributed by atoms with Crippen LogP contribution in [0, 0.1) is 0 Å². The summed E-state index contributed by atoms with van der Waals surface area (Å²) in [6.45, 7) is 4.89. The van der Waals surface area contributed by atoms with Crippen LogP contribution in [-0.4, -0.2) is 29.1 Å². The van der Waals surface area contributed by atoms with Crippen molar-refractivity contribution < 1.29 is 14.3 Å². The van der Waals surface area contributed by atoms with Gasteiger partial charge in [0.2, 0.25) is 0 Å². The van der Waals surface area contributed by atoms with Crippen molar-refractivity contribution in [3.8, 4) is 0 Å². The molecule has 0 aliphatic rings. The van der Waals surface area contributed by atoms with Gasteiger partial charge in [-0.3, -0.25) is 4.79 Å². The van der Waals surface area contributed by atoms with E-state index < -0.39 is 17.6 Å². The average Bonchev–Trinajstić information content (AvgIpc) is 2.78. The lowest BCUT2D eigenvalue weighted by Gasteiger charge is -2.19. The summed E-state index contributed by atoms with van der Waals surface area (Å²) in [6.07, 6.45) is -0.685. The molecule has 0 unspecified atom stereocenters. The molecule has 8 heteroatoms. The molecule has 0 bridgehead atoms. The highest BCUT2D eigenvalue weighted by Gasteiger charge is 2.16. The highest BCUT2D eigenvalue weighted by atomic mass is 16.6. The van der Waals surface area contributed by atoms with Gasteiger partial charge in [0, 0.05) is 10.8 Å². The molecule has 2 aromatic rings. The van der Waals surface area contributed by atoms with E-state index in [0.29, 0.717) is 11.6 Å². The number of nitrogens with one attached hydrogen (secondary N) is 2. The van der Waals surface area contributed by atoms with E-state index in [1.54, 1.807) is 20.8 Å². The second kappa shape index (κ2) is 6.47. The molecule has 0 saturated carbocycles. The number of nitrogens with two attached hydrogens (primary N) is 1. The number of rotatable bonds is 3. The number of amides is 2. The summed E-state index contributed by atoms with van der Waals surface area (Å²) in [5, 5.41) is 11.3. The van der Waals surface area contributed by atoms with Crippen molar-refractivity contribution in [2.24, 2.45) is 10.2 Å². The Labute approximate surface area is 133 Å². The first-order chi connectivity index (χ1) is 10.8. The zero-order valence-corrected chi connectivity index (χ0v) is 13.2. The fourth-order valence-corrected chi connectivity index (χ4v) is 1.87. The van der Waals surface area contributed by atoms with Crippen LogP contribution in [0.15, 0.2) is 34.5 Å². The lowest BCUT2D eigenvalue weighted by molar-refractivity contribution is -0.117. The fraction of sp³-hybridized carbons (Fsp3) is 0.333. The molecular weight excluding hydrogens is 298 g/mol. The quantitative estimate of drug-likeness (QED) is 0.753. The molecule has 4 N–H and O–H groups in total. The fourth-order valence-electron chi connectivity index (χ4n) is 1.87. The molecule has 0 aliphatic carbocycles. The molecule has 8 nitrogen and oxygen atoms in total. The minimum Gasteiger partial charge on any atom is -0.444 e. The van der Waals surface area contributed by atoms with E-state index in [1.807, 2.05) is 24.3 Å². The highest BCUT2D eigenvalue weighted by Crippen LogP contribution is 2.30. The van der Waals surface area contributed by atoms with E-state index >= 15 is 0 Å². The van der Waals surface area contributed by atoms with Crippen LogP contribution >= 0.6 is 0 Å². The van der Waals surface area contributed by atoms with E-state index in [-0.39, 0.29) is 6.54 Å². The summed E-state index contributed by atoms with van der Waals surface area (Å²) >= 11 is 0. The summed E-state index contributed by atoms with van der Waals surface area (Å²) in [7, 11) is 0. The molecule has 0 spiro atoms. The van der Waals surface area contributed by atoms with Crippen LogP contribution in [0.1, 0.15) is 20.8 Å². The number of anilines is 1. The topological polar surface area (TPSA) is 122 Å². The first-order valence-electron chi connectivity index (χ1n) is 7.04. The summed E-state index contributed by atoms with van der Waals surface area (Å²) in [4.78, 5) is 25.9. The van der Waals surface area contributed by atoms with Crippen LogP contribution < -0.4 is 11.1 Å². The Morgan fingerprint density at radius 1 is 1.26 bits per heavy atom. The van der Waals surface area contributed by atoms with Gasteiger partial charge in [0.05, 0.1) is 0 Å². The highest BCUT2D eigenvalue weighted by molar-refractivity contribution is 5.99. The van der Waals surface area contributed by atoms with Crippen molar-refractivity contribution in [1.82, 2.24) is 10.3 Å². The van der Waals surface area contributed by atoms with E-state index in [4.69, 9.17) is 10.5 Å². The van der Waals surface area contributed by atoms with E-state index in [0.717, 1.165) is 10.8 Å². The number of ether oxygens (including phenoxy) is 1. The standard InChI is InChI=1S/C15H19N5O3/c1-15(2,3)23-14(22)17-8-11(21)19-20-13-10-7-5-4-6-9(10)12(16)18-13/h4-7,18H,8,16H2,1-3H3,(H,17,22). The number of nitrogen functional groups attached to an aromatic ring is 1. The summed E-state index contributed by atoms with van der Waals surface area (Å²) in [6, 6.07) is 7.34. The minimum absolute atomic E-state index is 0.299. The Kier molecular flexibility index (Phi) is 4.63. The molecule has 23 heavy (non-hydrogen) atoms. The molecule has 1 aromatic carbocycles. The van der Waals surface area contributed by atoms with Gasteiger partial charge in [-0.15, -0.1) is 10.2 Å². The van der Waals surface area contributed by atoms with Crippen molar-refractivity contribution in [2.45, 2.75) is 26.4 Å². The maximum absolute atomic E-state index is 11.7. The number of alkyl carbamates (subject to hydrolysis) is 1. The van der Waals surface area contributed by atoms with Crippen molar-refractivity contribution in [1.29, 1.82) is 0 Å². The van der Waals surface area contributed by atoms with Gasteiger partial charge >= 0.3 is 6.09 Å². The van der Waals surface area contributed by atoms with Gasteiger partial charge in [0.15, 0.2) is 5.82 Å². The van der Waals surface area contributed by atoms with Crippen LogP contribution in [0.25, 0.3) is 10.8 Å². The largest absolute Gasteiger partial charge is 0.444 e. The van der Waals surface area contributed by atoms with Crippen molar-refractivity contribution in [2.75, 3.05) is 12.3 Å². The summed E-state index contributed by atoms with van der Waals surface area (Å²) in [5.74, 6) is 0.241. The van der Waals surface area contributed by atoms with Crippen molar-refractivity contribution in [3.63, 3.8) is 0 Å². The van der Waals surface area contributed by atoms with E-state index in [2.05, 4.69) is 20.5 Å². The lowest BCUT2D eigenvalue weighted by Crippen LogP contribution is -2.35. The average molecular weight is 317 g/mol. The summed E-state index contributed by atoms with van der Waals surface area (Å²) in [5.41, 5.74) is 5.20. The molecule has 1 aromatic heterocycles. The van der Waals surface area contributed by atoms with E-state index in [9.17, 15) is 9.59 Å². The molecule has 1 heterocycles. The molecule has 0 radical (unpaired) electrons. The van der Waals surface area contributed by atoms with Gasteiger partial charge < -0.3 is 20.8 Å². The Balaban J connectivity index is 1.97. The third kappa shape index (κ3) is 4.53. The Morgan fingerprint density at radius 3 is 2.57 bits per heavy atom. The van der Waals surface area contributed by atoms with Crippen LogP contribution in [0.5, 0.6) is 0 Å². The third-order valence-electron chi connectivity index (χ3n) is 2.77.